The molecule has 0 aromatic heterocycles. The Hall–Kier alpha value is 1.01. The van der Waals surface area contributed by atoms with Gasteiger partial charge in [0, 0.05) is 6.04 Å². The van der Waals surface area contributed by atoms with Crippen LogP contribution in [0.25, 0.3) is 0 Å². The fraction of sp³-hybridized carbons (Fsp3) is 0.647. The van der Waals surface area contributed by atoms with Gasteiger partial charge in [0.1, 0.15) is 0 Å². The number of aliphatic hydroxyl groups excluding tert-OH is 1. The Kier molecular flexibility index (Phi) is 14.7. The van der Waals surface area contributed by atoms with Gasteiger partial charge in [-0.3, -0.25) is 4.90 Å². The molecule has 0 radical (unpaired) electrons. The van der Waals surface area contributed by atoms with Gasteiger partial charge >= 0.3 is 49.6 Å². The molecule has 7 heteroatoms. The zero-order valence-corrected chi connectivity index (χ0v) is 19.3. The normalized spacial score (nSPS) is 14.0. The average Bonchev–Trinajstić information content (AvgIpc) is 2.53. The van der Waals surface area contributed by atoms with Gasteiger partial charge in [0.15, 0.2) is 0 Å². The van der Waals surface area contributed by atoms with Crippen molar-refractivity contribution in [2.45, 2.75) is 58.6 Å². The van der Waals surface area contributed by atoms with Gasteiger partial charge in [-0.05, 0) is 38.4 Å². The molecule has 2 atom stereocenters. The average molecular weight is 453 g/mol. The van der Waals surface area contributed by atoms with Gasteiger partial charge in [-0.15, -0.1) is 0 Å². The van der Waals surface area contributed by atoms with Crippen molar-refractivity contribution in [1.29, 1.82) is 0 Å². The predicted octanol–water partition coefficient (Wildman–Crippen LogP) is 6.77. The van der Waals surface area contributed by atoms with Crippen LogP contribution in [-0.2, 0) is 12.3 Å². The molecule has 1 aromatic carbocycles. The Balaban J connectivity index is 0.000000922. The molecule has 0 aliphatic carbocycles. The molecule has 0 spiro atoms. The van der Waals surface area contributed by atoms with E-state index in [1.54, 1.807) is 0 Å². The number of nitrogens with zero attached hydrogens (tertiary/aromatic N) is 1. The molecule has 0 saturated heterocycles. The van der Waals surface area contributed by atoms with Gasteiger partial charge in [0.2, 0.25) is 0 Å². The molecular formula is C17H29Cl4NOTi. The third-order valence-electron chi connectivity index (χ3n) is 3.77. The molecule has 0 aliphatic rings. The third kappa shape index (κ3) is 13.2. The van der Waals surface area contributed by atoms with Gasteiger partial charge in [-0.2, -0.15) is 0 Å². The van der Waals surface area contributed by atoms with Crippen LogP contribution in [0.1, 0.15) is 58.1 Å². The summed E-state index contributed by atoms with van der Waals surface area (Å²) < 4.78 is 0. The maximum atomic E-state index is 10.5. The summed E-state index contributed by atoms with van der Waals surface area (Å²) >= 11 is -3.11. The van der Waals surface area contributed by atoms with Crippen molar-refractivity contribution in [2.24, 2.45) is 0 Å². The summed E-state index contributed by atoms with van der Waals surface area (Å²) in [6, 6.07) is 10.2. The van der Waals surface area contributed by atoms with Crippen molar-refractivity contribution in [2.75, 3.05) is 13.1 Å². The maximum absolute atomic E-state index is 10.5. The van der Waals surface area contributed by atoms with E-state index >= 15 is 0 Å². The zero-order chi connectivity index (χ0) is 18.6. The van der Waals surface area contributed by atoms with E-state index in [-0.39, 0.29) is 6.04 Å². The van der Waals surface area contributed by atoms with Gasteiger partial charge in [0.25, 0.3) is 0 Å². The summed E-state index contributed by atoms with van der Waals surface area (Å²) in [6.45, 7) is 8.75. The Labute approximate surface area is 166 Å². The first kappa shape index (κ1) is 25.0. The molecule has 140 valence electrons. The molecule has 0 unspecified atom stereocenters. The quantitative estimate of drug-likeness (QED) is 0.418. The second-order valence-corrected chi connectivity index (χ2v) is 21.2. The number of hydrogen-bond donors (Lipinski definition) is 1. The van der Waals surface area contributed by atoms with Gasteiger partial charge in [0.05, 0.1) is 6.10 Å². The minimum absolute atomic E-state index is 0.181. The first-order chi connectivity index (χ1) is 11.2. The second kappa shape index (κ2) is 14.1. The van der Waals surface area contributed by atoms with E-state index in [1.165, 1.54) is 25.7 Å². The Morgan fingerprint density at radius 2 is 1.38 bits per heavy atom. The number of benzene rings is 1. The van der Waals surface area contributed by atoms with E-state index in [0.29, 0.717) is 0 Å². The number of hydrogen-bond acceptors (Lipinski definition) is 2. The summed E-state index contributed by atoms with van der Waals surface area (Å²) in [4.78, 5) is 2.44. The minimum atomic E-state index is -3.11. The van der Waals surface area contributed by atoms with E-state index in [4.69, 9.17) is 37.2 Å². The van der Waals surface area contributed by atoms with Crippen LogP contribution in [0.2, 0.25) is 0 Å². The van der Waals surface area contributed by atoms with E-state index in [0.717, 1.165) is 18.7 Å². The first-order valence-electron chi connectivity index (χ1n) is 8.43. The van der Waals surface area contributed by atoms with Gasteiger partial charge in [-0.1, -0.05) is 57.0 Å². The standard InChI is InChI=1S/C17H29NO.4ClH.Ti/c1-4-6-13-18(14-7-5-2)15(3)17(19)16-11-9-8-10-12-16;;;;;/h8-12,15,17,19H,4-7,13-14H2,1-3H3;4*1H;/q;;;;;+4/p-4/t15-,17-;;;;;/m1...../s1. The summed E-state index contributed by atoms with van der Waals surface area (Å²) in [5.41, 5.74) is 1.02. The molecule has 0 aliphatic heterocycles. The van der Waals surface area contributed by atoms with Crippen LogP contribution >= 0.6 is 37.2 Å². The molecule has 0 amide bonds. The van der Waals surface area contributed by atoms with Crippen LogP contribution in [0.5, 0.6) is 0 Å². The molecule has 1 N–H and O–H groups in total. The first-order valence-corrected chi connectivity index (χ1v) is 17.0. The van der Waals surface area contributed by atoms with Crippen LogP contribution in [0, 0.1) is 0 Å². The molecule has 0 saturated carbocycles. The van der Waals surface area contributed by atoms with Crippen LogP contribution < -0.4 is 0 Å². The summed E-state index contributed by atoms with van der Waals surface area (Å²) in [7, 11) is 20.1. The number of aliphatic hydroxyl groups is 1. The Morgan fingerprint density at radius 3 is 1.75 bits per heavy atom. The summed E-state index contributed by atoms with van der Waals surface area (Å²) in [5.74, 6) is 0. The fourth-order valence-electron chi connectivity index (χ4n) is 2.37. The van der Waals surface area contributed by atoms with Crippen LogP contribution in [0.3, 0.4) is 0 Å². The number of rotatable bonds is 9. The van der Waals surface area contributed by atoms with Crippen molar-refractivity contribution < 1.29 is 17.5 Å². The second-order valence-electron chi connectivity index (χ2n) is 5.77. The molecular weight excluding hydrogens is 424 g/mol. The van der Waals surface area contributed by atoms with Crippen molar-refractivity contribution in [3.8, 4) is 0 Å². The van der Waals surface area contributed by atoms with Crippen molar-refractivity contribution in [3.63, 3.8) is 0 Å². The monoisotopic (exact) mass is 451 g/mol. The van der Waals surface area contributed by atoms with Crippen molar-refractivity contribution >= 4 is 37.2 Å². The van der Waals surface area contributed by atoms with Crippen LogP contribution in [0.15, 0.2) is 30.3 Å². The molecule has 2 nitrogen and oxygen atoms in total. The molecule has 0 heterocycles. The van der Waals surface area contributed by atoms with Crippen molar-refractivity contribution in [3.05, 3.63) is 35.9 Å². The molecule has 24 heavy (non-hydrogen) atoms. The zero-order valence-electron chi connectivity index (χ0n) is 14.7. The summed E-state index contributed by atoms with van der Waals surface area (Å²) in [5, 5.41) is 10.5. The molecule has 0 fully saturated rings. The molecule has 0 bridgehead atoms. The van der Waals surface area contributed by atoms with E-state index in [1.807, 2.05) is 30.3 Å². The third-order valence-corrected chi connectivity index (χ3v) is 3.77. The van der Waals surface area contributed by atoms with Gasteiger partial charge < -0.3 is 5.11 Å². The Bertz CT molecular complexity index is 403. The fourth-order valence-corrected chi connectivity index (χ4v) is 2.37. The number of unbranched alkanes of at least 4 members (excludes halogenated alkanes) is 2. The van der Waals surface area contributed by atoms with Crippen LogP contribution in [-0.4, -0.2) is 29.1 Å². The SMILES string of the molecule is CCCCN(CCCC)[C@H](C)[C@@H](O)c1ccccc1.[Cl][Ti]([Cl])([Cl])[Cl]. The predicted molar refractivity (Wildman–Crippen MR) is 106 cm³/mol. The molecule has 1 aromatic rings. The van der Waals surface area contributed by atoms with Crippen LogP contribution in [0.4, 0.5) is 0 Å². The van der Waals surface area contributed by atoms with Crippen molar-refractivity contribution in [1.82, 2.24) is 4.90 Å². The summed E-state index contributed by atoms with van der Waals surface area (Å²) in [6.07, 6.45) is 4.42. The van der Waals surface area contributed by atoms with E-state index < -0.39 is 18.4 Å². The topological polar surface area (TPSA) is 23.5 Å². The number of halogens is 4. The van der Waals surface area contributed by atoms with Gasteiger partial charge in [-0.25, -0.2) is 0 Å². The molecule has 1 rings (SSSR count). The van der Waals surface area contributed by atoms with E-state index in [9.17, 15) is 5.11 Å². The Morgan fingerprint density at radius 1 is 0.958 bits per heavy atom. The van der Waals surface area contributed by atoms with E-state index in [2.05, 4.69) is 25.7 Å².